The molecule has 3 aromatic rings. The number of nitrogens with zero attached hydrogens (tertiary/aromatic N) is 3. The zero-order valence-electron chi connectivity index (χ0n) is 23.7. The zero-order valence-corrected chi connectivity index (χ0v) is 23.7. The summed E-state index contributed by atoms with van der Waals surface area (Å²) in [6.45, 7) is 3.02. The maximum absolute atomic E-state index is 13.5. The number of nitrogens with one attached hydrogen (secondary N) is 1. The molecule has 2 aliphatic rings. The Morgan fingerprint density at radius 2 is 1.98 bits per heavy atom. The average molecular weight is 565 g/mol. The lowest BCUT2D eigenvalue weighted by Gasteiger charge is -2.31. The van der Waals surface area contributed by atoms with Crippen LogP contribution in [0.4, 0.5) is 0 Å². The Morgan fingerprint density at radius 1 is 1.20 bits per heavy atom. The summed E-state index contributed by atoms with van der Waals surface area (Å²) >= 11 is 0. The van der Waals surface area contributed by atoms with Crippen molar-refractivity contribution in [1.82, 2.24) is 19.9 Å². The van der Waals surface area contributed by atoms with E-state index < -0.39 is 11.6 Å². The molecule has 1 unspecified atom stereocenters. The fourth-order valence-electron chi connectivity index (χ4n) is 5.68. The van der Waals surface area contributed by atoms with E-state index in [4.69, 9.17) is 19.7 Å². The summed E-state index contributed by atoms with van der Waals surface area (Å²) in [6.07, 6.45) is 3.72. The van der Waals surface area contributed by atoms with Gasteiger partial charge in [0.2, 0.25) is 5.91 Å². The number of fused-ring (bicyclic) bond motifs is 5. The van der Waals surface area contributed by atoms with E-state index in [1.807, 2.05) is 26.2 Å². The second kappa shape index (κ2) is 11.6. The first-order valence-electron chi connectivity index (χ1n) is 14.0. The van der Waals surface area contributed by atoms with Crippen molar-refractivity contribution in [1.29, 1.82) is 0 Å². The van der Waals surface area contributed by atoms with Gasteiger partial charge in [-0.1, -0.05) is 19.8 Å². The van der Waals surface area contributed by atoms with Gasteiger partial charge in [0.05, 0.1) is 35.6 Å². The number of aliphatic hydroxyl groups is 1. The lowest BCUT2D eigenvalue weighted by molar-refractivity contribution is -0.172. The molecule has 0 saturated heterocycles. The Balaban J connectivity index is 1.44. The van der Waals surface area contributed by atoms with Gasteiger partial charge in [0.1, 0.15) is 12.4 Å². The minimum absolute atomic E-state index is 0.0945. The van der Waals surface area contributed by atoms with Gasteiger partial charge >= 0.3 is 5.97 Å². The minimum atomic E-state index is -1.86. The smallest absolute Gasteiger partial charge is 0.343 e. The molecule has 11 nitrogen and oxygen atoms in total. The summed E-state index contributed by atoms with van der Waals surface area (Å²) in [5.74, 6) is -0.332. The number of esters is 1. The number of hydroxylamine groups is 1. The SMILES string of the molecule is CCC1(O)C(=O)OCc2c1cc1n(c2=O)Cc2cc3c(CN(C)C)c(OCCCCCCC(=O)NO)ccc3nc2-1. The van der Waals surface area contributed by atoms with Crippen LogP contribution in [0.5, 0.6) is 5.75 Å². The predicted octanol–water partition coefficient (Wildman–Crippen LogP) is 2.98. The van der Waals surface area contributed by atoms with Gasteiger partial charge in [0, 0.05) is 35.0 Å². The zero-order chi connectivity index (χ0) is 29.3. The van der Waals surface area contributed by atoms with E-state index in [1.54, 1.807) is 23.0 Å². The molecule has 2 aliphatic heterocycles. The summed E-state index contributed by atoms with van der Waals surface area (Å²) in [7, 11) is 3.98. The molecule has 3 N–H and O–H groups in total. The molecule has 4 heterocycles. The van der Waals surface area contributed by atoms with Gasteiger partial charge in [-0.2, -0.15) is 0 Å². The quantitative estimate of drug-likeness (QED) is 0.108. The van der Waals surface area contributed by atoms with Crippen molar-refractivity contribution in [2.45, 2.75) is 70.7 Å². The van der Waals surface area contributed by atoms with Crippen molar-refractivity contribution < 1.29 is 29.4 Å². The van der Waals surface area contributed by atoms with Crippen LogP contribution >= 0.6 is 0 Å². The Kier molecular flexibility index (Phi) is 8.12. The van der Waals surface area contributed by atoms with Crippen molar-refractivity contribution in [3.05, 3.63) is 56.9 Å². The van der Waals surface area contributed by atoms with Gasteiger partial charge in [0.15, 0.2) is 5.60 Å². The maximum Gasteiger partial charge on any atom is 0.343 e. The van der Waals surface area contributed by atoms with Crippen LogP contribution in [0.2, 0.25) is 0 Å². The fraction of sp³-hybridized carbons (Fsp3) is 0.467. The molecule has 0 spiro atoms. The van der Waals surface area contributed by atoms with Crippen LogP contribution in [0.3, 0.4) is 0 Å². The van der Waals surface area contributed by atoms with E-state index in [-0.39, 0.29) is 24.5 Å². The summed E-state index contributed by atoms with van der Waals surface area (Å²) in [4.78, 5) is 44.1. The van der Waals surface area contributed by atoms with Crippen LogP contribution in [0.25, 0.3) is 22.3 Å². The lowest BCUT2D eigenvalue weighted by atomic mass is 9.86. The number of carbonyl (C=O) groups is 2. The van der Waals surface area contributed by atoms with E-state index >= 15 is 0 Å². The number of unbranched alkanes of at least 4 members (excludes halogenated alkanes) is 3. The topological polar surface area (TPSA) is 143 Å². The number of carbonyl (C=O) groups excluding carboxylic acids is 2. The largest absolute Gasteiger partial charge is 0.493 e. The molecule has 5 rings (SSSR count). The fourth-order valence-corrected chi connectivity index (χ4v) is 5.68. The molecule has 218 valence electrons. The van der Waals surface area contributed by atoms with Crippen LogP contribution in [-0.2, 0) is 39.6 Å². The molecule has 0 radical (unpaired) electrons. The normalized spacial score (nSPS) is 17.3. The van der Waals surface area contributed by atoms with Gasteiger partial charge in [-0.15, -0.1) is 0 Å². The van der Waals surface area contributed by atoms with Crippen LogP contribution < -0.4 is 15.8 Å². The van der Waals surface area contributed by atoms with Gasteiger partial charge in [-0.3, -0.25) is 14.8 Å². The predicted molar refractivity (Wildman–Crippen MR) is 150 cm³/mol. The third-order valence-corrected chi connectivity index (χ3v) is 7.91. The van der Waals surface area contributed by atoms with E-state index in [0.717, 1.165) is 47.0 Å². The van der Waals surface area contributed by atoms with Crippen LogP contribution in [0.1, 0.15) is 67.7 Å². The second-order valence-corrected chi connectivity index (χ2v) is 11.0. The highest BCUT2D eigenvalue weighted by molar-refractivity contribution is 5.89. The molecule has 1 amide bonds. The Morgan fingerprint density at radius 3 is 2.71 bits per heavy atom. The highest BCUT2D eigenvalue weighted by Crippen LogP contribution is 2.40. The number of hydrogen-bond donors (Lipinski definition) is 3. The molecule has 0 aliphatic carbocycles. The van der Waals surface area contributed by atoms with Gasteiger partial charge < -0.3 is 24.0 Å². The number of ether oxygens (including phenoxy) is 2. The lowest BCUT2D eigenvalue weighted by Crippen LogP contribution is -2.44. The third kappa shape index (κ3) is 5.32. The summed E-state index contributed by atoms with van der Waals surface area (Å²) in [6, 6.07) is 7.62. The first-order chi connectivity index (χ1) is 19.7. The molecule has 11 heteroatoms. The van der Waals surface area contributed by atoms with Crippen LogP contribution in [0.15, 0.2) is 29.1 Å². The summed E-state index contributed by atoms with van der Waals surface area (Å²) < 4.78 is 13.0. The molecular formula is C30H36N4O7. The van der Waals surface area contributed by atoms with E-state index in [0.29, 0.717) is 55.1 Å². The highest BCUT2D eigenvalue weighted by atomic mass is 16.6. The Hall–Kier alpha value is -3.80. The van der Waals surface area contributed by atoms with E-state index in [9.17, 15) is 19.5 Å². The van der Waals surface area contributed by atoms with Crippen molar-refractivity contribution in [3.63, 3.8) is 0 Å². The summed E-state index contributed by atoms with van der Waals surface area (Å²) in [5.41, 5.74) is 4.00. The van der Waals surface area contributed by atoms with Crippen molar-refractivity contribution in [2.24, 2.45) is 0 Å². The number of cyclic esters (lactones) is 1. The summed E-state index contributed by atoms with van der Waals surface area (Å²) in [5, 5.41) is 20.6. The maximum atomic E-state index is 13.5. The standard InChI is InChI=1S/C30H36N4O7/c1-4-30(38)22-14-24-27-18(15-34(24)28(36)21(22)17-41-29(30)37)13-19-20(16-33(2)3)25(11-10-23(19)31-27)40-12-8-6-5-7-9-26(35)32-39/h10-11,13-14,38-39H,4-9,12,15-17H2,1-3H3,(H,32,35). The molecule has 0 saturated carbocycles. The Bertz CT molecular complexity index is 1560. The molecule has 41 heavy (non-hydrogen) atoms. The van der Waals surface area contributed by atoms with E-state index in [2.05, 4.69) is 11.0 Å². The highest BCUT2D eigenvalue weighted by Gasteiger charge is 2.45. The first kappa shape index (κ1) is 28.7. The average Bonchev–Trinajstić information content (AvgIpc) is 3.32. The number of amides is 1. The molecule has 2 aromatic heterocycles. The molecule has 1 aromatic carbocycles. The van der Waals surface area contributed by atoms with E-state index in [1.165, 1.54) is 0 Å². The minimum Gasteiger partial charge on any atom is -0.493 e. The van der Waals surface area contributed by atoms with Gasteiger partial charge in [0.25, 0.3) is 5.56 Å². The molecule has 0 fully saturated rings. The van der Waals surface area contributed by atoms with Crippen LogP contribution in [-0.4, -0.2) is 57.3 Å². The van der Waals surface area contributed by atoms with Gasteiger partial charge in [-0.25, -0.2) is 15.3 Å². The molecular weight excluding hydrogens is 528 g/mol. The molecule has 0 bridgehead atoms. The van der Waals surface area contributed by atoms with Gasteiger partial charge in [-0.05, 0) is 57.6 Å². The third-order valence-electron chi connectivity index (χ3n) is 7.91. The Labute approximate surface area is 237 Å². The first-order valence-corrected chi connectivity index (χ1v) is 14.0. The number of hydrogen-bond acceptors (Lipinski definition) is 9. The number of benzene rings is 1. The van der Waals surface area contributed by atoms with Crippen molar-refractivity contribution in [3.8, 4) is 17.1 Å². The molecule has 1 atom stereocenters. The van der Waals surface area contributed by atoms with Crippen LogP contribution in [0, 0.1) is 0 Å². The number of rotatable bonds is 11. The number of pyridine rings is 2. The number of aromatic nitrogens is 2. The van der Waals surface area contributed by atoms with Crippen molar-refractivity contribution >= 4 is 22.8 Å². The van der Waals surface area contributed by atoms with Crippen molar-refractivity contribution in [2.75, 3.05) is 20.7 Å². The second-order valence-electron chi connectivity index (χ2n) is 11.0. The monoisotopic (exact) mass is 564 g/mol.